The number of carboxylic acids is 1. The van der Waals surface area contributed by atoms with Gasteiger partial charge in [-0.15, -0.1) is 0 Å². The first-order valence-corrected chi connectivity index (χ1v) is 6.67. The monoisotopic (exact) mass is 259 g/mol. The Morgan fingerprint density at radius 2 is 2.21 bits per heavy atom. The first-order valence-electron chi connectivity index (χ1n) is 6.67. The van der Waals surface area contributed by atoms with Gasteiger partial charge >= 0.3 is 5.97 Å². The predicted molar refractivity (Wildman–Crippen MR) is 70.5 cm³/mol. The fourth-order valence-electron chi connectivity index (χ4n) is 2.34. The molecule has 5 heteroatoms. The molecular weight excluding hydrogens is 242 g/mol. The van der Waals surface area contributed by atoms with E-state index in [0.29, 0.717) is 17.5 Å². The lowest BCUT2D eigenvalue weighted by atomic mass is 10.1. The topological polar surface area (TPSA) is 67.5 Å². The molecule has 1 aliphatic rings. The van der Waals surface area contributed by atoms with Gasteiger partial charge in [0.15, 0.2) is 11.3 Å². The molecule has 1 aliphatic carbocycles. The van der Waals surface area contributed by atoms with E-state index >= 15 is 0 Å². The minimum atomic E-state index is -0.976. The Hall–Kier alpha value is -1.91. The average molecular weight is 259 g/mol. The summed E-state index contributed by atoms with van der Waals surface area (Å²) in [6.07, 6.45) is 3.10. The van der Waals surface area contributed by atoms with Crippen LogP contribution in [0.5, 0.6) is 0 Å². The molecule has 0 bridgehead atoms. The molecule has 0 saturated heterocycles. The van der Waals surface area contributed by atoms with Crippen LogP contribution in [0.25, 0.3) is 5.65 Å². The van der Waals surface area contributed by atoms with Crippen molar-refractivity contribution in [2.75, 3.05) is 0 Å². The van der Waals surface area contributed by atoms with E-state index in [1.165, 1.54) is 0 Å². The molecule has 19 heavy (non-hydrogen) atoms. The summed E-state index contributed by atoms with van der Waals surface area (Å²) in [5.41, 5.74) is 2.73. The summed E-state index contributed by atoms with van der Waals surface area (Å²) in [5.74, 6) is -0.0142. The van der Waals surface area contributed by atoms with Gasteiger partial charge < -0.3 is 5.11 Å². The Morgan fingerprint density at radius 3 is 2.79 bits per heavy atom. The third kappa shape index (κ3) is 2.32. The second kappa shape index (κ2) is 4.33. The molecule has 0 atom stereocenters. The van der Waals surface area contributed by atoms with Crippen molar-refractivity contribution in [3.63, 3.8) is 0 Å². The van der Waals surface area contributed by atoms with Crippen LogP contribution in [0.2, 0.25) is 0 Å². The van der Waals surface area contributed by atoms with Gasteiger partial charge in [-0.1, -0.05) is 13.8 Å². The highest BCUT2D eigenvalue weighted by molar-refractivity contribution is 5.86. The van der Waals surface area contributed by atoms with Gasteiger partial charge in [0, 0.05) is 17.7 Å². The Kier molecular flexibility index (Phi) is 2.77. The van der Waals surface area contributed by atoms with Gasteiger partial charge in [0.2, 0.25) is 0 Å². The average Bonchev–Trinajstić information content (AvgIpc) is 3.07. The lowest BCUT2D eigenvalue weighted by molar-refractivity contribution is 0.0690. The third-order valence-corrected chi connectivity index (χ3v) is 3.34. The van der Waals surface area contributed by atoms with Gasteiger partial charge in [-0.2, -0.15) is 5.10 Å². The van der Waals surface area contributed by atoms with Crippen molar-refractivity contribution in [1.82, 2.24) is 14.6 Å². The molecular formula is C14H17N3O2. The van der Waals surface area contributed by atoms with Crippen LogP contribution in [-0.2, 0) is 6.42 Å². The highest BCUT2D eigenvalue weighted by Crippen LogP contribution is 2.40. The Balaban J connectivity index is 2.13. The number of fused-ring (bicyclic) bond motifs is 1. The second-order valence-corrected chi connectivity index (χ2v) is 5.65. The van der Waals surface area contributed by atoms with Crippen LogP contribution in [0.4, 0.5) is 0 Å². The largest absolute Gasteiger partial charge is 0.477 e. The highest BCUT2D eigenvalue weighted by atomic mass is 16.4. The molecule has 0 amide bonds. The number of aromatic nitrogens is 3. The van der Waals surface area contributed by atoms with Crippen LogP contribution in [0.3, 0.4) is 0 Å². The van der Waals surface area contributed by atoms with Crippen molar-refractivity contribution in [2.24, 2.45) is 5.92 Å². The lowest BCUT2D eigenvalue weighted by Gasteiger charge is -2.04. The van der Waals surface area contributed by atoms with Gasteiger partial charge in [0.05, 0.1) is 5.69 Å². The summed E-state index contributed by atoms with van der Waals surface area (Å²) in [5, 5.41) is 13.7. The maximum atomic E-state index is 11.1. The Labute approximate surface area is 111 Å². The van der Waals surface area contributed by atoms with Crippen molar-refractivity contribution in [2.45, 2.75) is 39.0 Å². The standard InChI is InChI=1S/C14H17N3O2/c1-8(2)5-10-6-13-15-11(14(18)19)7-12(9-3-4-9)17(13)16-10/h6-9H,3-5H2,1-2H3,(H,18,19). The molecule has 5 nitrogen and oxygen atoms in total. The third-order valence-electron chi connectivity index (χ3n) is 3.34. The van der Waals surface area contributed by atoms with Crippen LogP contribution in [0, 0.1) is 5.92 Å². The minimum Gasteiger partial charge on any atom is -0.477 e. The number of hydrogen-bond donors (Lipinski definition) is 1. The molecule has 2 aromatic rings. The fraction of sp³-hybridized carbons (Fsp3) is 0.500. The van der Waals surface area contributed by atoms with E-state index in [1.807, 2.05) is 10.6 Å². The lowest BCUT2D eigenvalue weighted by Crippen LogP contribution is -2.07. The molecule has 2 heterocycles. The van der Waals surface area contributed by atoms with Crippen molar-refractivity contribution in [3.8, 4) is 0 Å². The van der Waals surface area contributed by atoms with Crippen LogP contribution < -0.4 is 0 Å². The molecule has 0 aromatic carbocycles. The fourth-order valence-corrected chi connectivity index (χ4v) is 2.34. The van der Waals surface area contributed by atoms with E-state index in [-0.39, 0.29) is 5.69 Å². The summed E-state index contributed by atoms with van der Waals surface area (Å²) in [6, 6.07) is 3.57. The van der Waals surface area contributed by atoms with E-state index in [1.54, 1.807) is 6.07 Å². The summed E-state index contributed by atoms with van der Waals surface area (Å²) >= 11 is 0. The van der Waals surface area contributed by atoms with Gasteiger partial charge in [-0.25, -0.2) is 14.3 Å². The zero-order chi connectivity index (χ0) is 13.6. The van der Waals surface area contributed by atoms with Gasteiger partial charge in [-0.3, -0.25) is 0 Å². The number of rotatable bonds is 4. The molecule has 0 spiro atoms. The van der Waals surface area contributed by atoms with Gasteiger partial charge in [-0.05, 0) is 31.2 Å². The smallest absolute Gasteiger partial charge is 0.354 e. The summed E-state index contributed by atoms with van der Waals surface area (Å²) in [6.45, 7) is 4.28. The van der Waals surface area contributed by atoms with Crippen molar-refractivity contribution in [1.29, 1.82) is 0 Å². The predicted octanol–water partition coefficient (Wildman–Crippen LogP) is 2.50. The van der Waals surface area contributed by atoms with Crippen molar-refractivity contribution >= 4 is 11.6 Å². The van der Waals surface area contributed by atoms with E-state index in [2.05, 4.69) is 23.9 Å². The first-order chi connectivity index (χ1) is 9.04. The van der Waals surface area contributed by atoms with Gasteiger partial charge in [0.25, 0.3) is 0 Å². The molecule has 3 rings (SSSR count). The van der Waals surface area contributed by atoms with E-state index in [0.717, 1.165) is 30.7 Å². The number of carboxylic acid groups (broad SMARTS) is 1. The van der Waals surface area contributed by atoms with E-state index < -0.39 is 5.97 Å². The summed E-state index contributed by atoms with van der Waals surface area (Å²) in [7, 11) is 0. The zero-order valence-electron chi connectivity index (χ0n) is 11.1. The number of carbonyl (C=O) groups is 1. The Bertz CT molecular complexity index is 641. The highest BCUT2D eigenvalue weighted by Gasteiger charge is 2.28. The maximum absolute atomic E-state index is 11.1. The van der Waals surface area contributed by atoms with Crippen molar-refractivity contribution < 1.29 is 9.90 Å². The summed E-state index contributed by atoms with van der Waals surface area (Å²) in [4.78, 5) is 15.3. The van der Waals surface area contributed by atoms with Crippen LogP contribution in [0.1, 0.15) is 54.5 Å². The first kappa shape index (κ1) is 12.1. The molecule has 1 fully saturated rings. The van der Waals surface area contributed by atoms with Gasteiger partial charge in [0.1, 0.15) is 0 Å². The Morgan fingerprint density at radius 1 is 1.47 bits per heavy atom. The molecule has 0 unspecified atom stereocenters. The molecule has 0 aliphatic heterocycles. The maximum Gasteiger partial charge on any atom is 0.354 e. The number of nitrogens with zero attached hydrogens (tertiary/aromatic N) is 3. The molecule has 2 aromatic heterocycles. The normalized spacial score (nSPS) is 15.3. The van der Waals surface area contributed by atoms with Crippen LogP contribution in [-0.4, -0.2) is 25.7 Å². The van der Waals surface area contributed by atoms with E-state index in [4.69, 9.17) is 5.11 Å². The molecule has 0 radical (unpaired) electrons. The summed E-state index contributed by atoms with van der Waals surface area (Å²) < 4.78 is 1.82. The number of aromatic carboxylic acids is 1. The number of hydrogen-bond acceptors (Lipinski definition) is 3. The second-order valence-electron chi connectivity index (χ2n) is 5.65. The van der Waals surface area contributed by atoms with Crippen molar-refractivity contribution in [3.05, 3.63) is 29.2 Å². The zero-order valence-corrected chi connectivity index (χ0v) is 11.1. The molecule has 1 saturated carbocycles. The van der Waals surface area contributed by atoms with Crippen LogP contribution >= 0.6 is 0 Å². The van der Waals surface area contributed by atoms with E-state index in [9.17, 15) is 4.79 Å². The SMILES string of the molecule is CC(C)Cc1cc2nc(C(=O)O)cc(C3CC3)n2n1. The quantitative estimate of drug-likeness (QED) is 0.916. The van der Waals surface area contributed by atoms with Crippen LogP contribution in [0.15, 0.2) is 12.1 Å². The molecule has 100 valence electrons. The minimum absolute atomic E-state index is 0.116. The molecule has 1 N–H and O–H groups in total.